The smallest absolute Gasteiger partial charge is 0.416 e. The molecule has 0 fully saturated rings. The van der Waals surface area contributed by atoms with Crippen LogP contribution in [0.1, 0.15) is 11.4 Å². The minimum absolute atomic E-state index is 0.000218. The van der Waals surface area contributed by atoms with Gasteiger partial charge in [0.15, 0.2) is 6.61 Å². The van der Waals surface area contributed by atoms with Gasteiger partial charge in [-0.3, -0.25) is 0 Å². The van der Waals surface area contributed by atoms with Crippen LogP contribution in [0.15, 0.2) is 22.7 Å². The van der Waals surface area contributed by atoms with Crippen LogP contribution in [-0.4, -0.2) is 16.2 Å². The van der Waals surface area contributed by atoms with E-state index < -0.39 is 17.8 Å². The second-order valence-electron chi connectivity index (χ2n) is 3.82. The number of benzene rings is 1. The topological polar surface area (TPSA) is 91.2 Å². The Morgan fingerprint density at radius 2 is 2.14 bits per heavy atom. The second kappa shape index (κ2) is 5.60. The predicted molar refractivity (Wildman–Crippen MR) is 64.1 cm³/mol. The summed E-state index contributed by atoms with van der Waals surface area (Å²) in [5.74, 6) is -0.100. The van der Waals surface area contributed by atoms with Crippen LogP contribution in [0.25, 0.3) is 11.5 Å². The molecule has 0 aliphatic rings. The van der Waals surface area contributed by atoms with E-state index in [9.17, 15) is 18.0 Å². The summed E-state index contributed by atoms with van der Waals surface area (Å²) in [6.45, 7) is -0.322. The SMILES string of the molecule is NC(=O)OCc1noc(-c2ccc(C(F)(F)F)cc2Cl)n1. The Morgan fingerprint density at radius 1 is 1.43 bits per heavy atom. The minimum atomic E-state index is -4.50. The van der Waals surface area contributed by atoms with Crippen LogP contribution in [0.2, 0.25) is 5.02 Å². The molecule has 6 nitrogen and oxygen atoms in total. The standard InChI is InChI=1S/C11H7ClF3N3O3/c12-7-3-5(11(13,14)15)1-2-6(7)9-17-8(18-21-9)4-20-10(16)19/h1-3H,4H2,(H2,16,19). The maximum atomic E-state index is 12.5. The molecule has 2 aromatic rings. The van der Waals surface area contributed by atoms with Crippen LogP contribution in [-0.2, 0) is 17.5 Å². The van der Waals surface area contributed by atoms with Gasteiger partial charge in [-0.2, -0.15) is 18.2 Å². The number of alkyl halides is 3. The average Bonchev–Trinajstić information content (AvgIpc) is 2.83. The Balaban J connectivity index is 2.24. The number of nitrogens with zero attached hydrogens (tertiary/aromatic N) is 2. The number of carbonyl (C=O) groups excluding carboxylic acids is 1. The average molecular weight is 322 g/mol. The molecule has 0 aliphatic carbocycles. The van der Waals surface area contributed by atoms with Crippen LogP contribution < -0.4 is 5.73 Å². The van der Waals surface area contributed by atoms with Gasteiger partial charge in [-0.05, 0) is 18.2 Å². The van der Waals surface area contributed by atoms with E-state index in [1.165, 1.54) is 0 Å². The molecule has 1 heterocycles. The molecular formula is C11H7ClF3N3O3. The molecule has 0 bridgehead atoms. The maximum absolute atomic E-state index is 12.5. The molecule has 2 rings (SSSR count). The molecule has 0 spiro atoms. The minimum Gasteiger partial charge on any atom is -0.441 e. The van der Waals surface area contributed by atoms with Crippen LogP contribution in [0.5, 0.6) is 0 Å². The van der Waals surface area contributed by atoms with Crippen molar-refractivity contribution in [2.75, 3.05) is 0 Å². The number of rotatable bonds is 3. The van der Waals surface area contributed by atoms with Gasteiger partial charge in [-0.1, -0.05) is 16.8 Å². The van der Waals surface area contributed by atoms with Crippen molar-refractivity contribution in [2.45, 2.75) is 12.8 Å². The molecule has 0 saturated carbocycles. The van der Waals surface area contributed by atoms with E-state index in [1.54, 1.807) is 0 Å². The normalized spacial score (nSPS) is 11.4. The summed E-state index contributed by atoms with van der Waals surface area (Å²) in [7, 11) is 0. The molecule has 1 aromatic heterocycles. The van der Waals surface area contributed by atoms with Crippen molar-refractivity contribution < 1.29 is 27.2 Å². The number of carbonyl (C=O) groups is 1. The zero-order chi connectivity index (χ0) is 15.6. The number of halogens is 4. The number of hydrogen-bond donors (Lipinski definition) is 1. The molecule has 0 saturated heterocycles. The molecule has 1 aromatic carbocycles. The number of aromatic nitrogens is 2. The summed E-state index contributed by atoms with van der Waals surface area (Å²) in [6, 6.07) is 2.70. The molecule has 21 heavy (non-hydrogen) atoms. The van der Waals surface area contributed by atoms with Crippen molar-refractivity contribution in [1.29, 1.82) is 0 Å². The summed E-state index contributed by atoms with van der Waals surface area (Å²) >= 11 is 5.77. The van der Waals surface area contributed by atoms with E-state index >= 15 is 0 Å². The van der Waals surface area contributed by atoms with Gasteiger partial charge in [0, 0.05) is 0 Å². The molecule has 10 heteroatoms. The first-order chi connectivity index (χ1) is 9.77. The van der Waals surface area contributed by atoms with Gasteiger partial charge in [0.05, 0.1) is 16.1 Å². The lowest BCUT2D eigenvalue weighted by Gasteiger charge is -2.07. The highest BCUT2D eigenvalue weighted by Gasteiger charge is 2.31. The largest absolute Gasteiger partial charge is 0.441 e. The summed E-state index contributed by atoms with van der Waals surface area (Å²) in [4.78, 5) is 14.3. The summed E-state index contributed by atoms with van der Waals surface area (Å²) in [5, 5.41) is 3.28. The van der Waals surface area contributed by atoms with Gasteiger partial charge in [-0.15, -0.1) is 0 Å². The third-order valence-electron chi connectivity index (χ3n) is 2.34. The number of hydrogen-bond acceptors (Lipinski definition) is 5. The number of nitrogens with two attached hydrogens (primary N) is 1. The zero-order valence-corrected chi connectivity index (χ0v) is 10.9. The number of primary amides is 1. The lowest BCUT2D eigenvalue weighted by atomic mass is 10.1. The van der Waals surface area contributed by atoms with Crippen molar-refractivity contribution >= 4 is 17.7 Å². The lowest BCUT2D eigenvalue weighted by Crippen LogP contribution is -2.13. The molecular weight excluding hydrogens is 315 g/mol. The van der Waals surface area contributed by atoms with Gasteiger partial charge < -0.3 is 15.0 Å². The maximum Gasteiger partial charge on any atom is 0.416 e. The van der Waals surface area contributed by atoms with E-state index in [1.807, 2.05) is 0 Å². The van der Waals surface area contributed by atoms with Crippen molar-refractivity contribution in [3.05, 3.63) is 34.6 Å². The van der Waals surface area contributed by atoms with Gasteiger partial charge in [0.2, 0.25) is 5.82 Å². The van der Waals surface area contributed by atoms with E-state index in [4.69, 9.17) is 21.9 Å². The van der Waals surface area contributed by atoms with Crippen molar-refractivity contribution in [2.24, 2.45) is 5.73 Å². The highest BCUT2D eigenvalue weighted by molar-refractivity contribution is 6.33. The summed E-state index contributed by atoms with van der Waals surface area (Å²) in [5.41, 5.74) is 4.00. The highest BCUT2D eigenvalue weighted by Crippen LogP contribution is 2.35. The second-order valence-corrected chi connectivity index (χ2v) is 4.22. The first kappa shape index (κ1) is 15.1. The third-order valence-corrected chi connectivity index (χ3v) is 2.65. The molecule has 0 aliphatic heterocycles. The highest BCUT2D eigenvalue weighted by atomic mass is 35.5. The van der Waals surface area contributed by atoms with Crippen molar-refractivity contribution in [1.82, 2.24) is 10.1 Å². The monoisotopic (exact) mass is 321 g/mol. The van der Waals surface area contributed by atoms with Crippen LogP contribution >= 0.6 is 11.6 Å². The Kier molecular flexibility index (Phi) is 4.03. The Bertz CT molecular complexity index is 672. The molecule has 1 amide bonds. The Labute approximate surface area is 120 Å². The zero-order valence-electron chi connectivity index (χ0n) is 10.1. The van der Waals surface area contributed by atoms with Gasteiger partial charge in [-0.25, -0.2) is 4.79 Å². The van der Waals surface area contributed by atoms with E-state index in [0.29, 0.717) is 0 Å². The fourth-order valence-electron chi connectivity index (χ4n) is 1.42. The first-order valence-corrected chi connectivity index (χ1v) is 5.77. The van der Waals surface area contributed by atoms with Gasteiger partial charge in [0.1, 0.15) is 0 Å². The Morgan fingerprint density at radius 3 is 2.71 bits per heavy atom. The quantitative estimate of drug-likeness (QED) is 0.938. The van der Waals surface area contributed by atoms with Crippen LogP contribution in [0.4, 0.5) is 18.0 Å². The molecule has 2 N–H and O–H groups in total. The first-order valence-electron chi connectivity index (χ1n) is 5.39. The van der Waals surface area contributed by atoms with Gasteiger partial charge in [0.25, 0.3) is 5.89 Å². The van der Waals surface area contributed by atoms with Crippen LogP contribution in [0.3, 0.4) is 0 Å². The van der Waals surface area contributed by atoms with Crippen LogP contribution in [0, 0.1) is 0 Å². The third kappa shape index (κ3) is 3.63. The fraction of sp³-hybridized carbons (Fsp3) is 0.182. The molecule has 0 unspecified atom stereocenters. The van der Waals surface area contributed by atoms with E-state index in [-0.39, 0.29) is 28.9 Å². The molecule has 112 valence electrons. The van der Waals surface area contributed by atoms with E-state index in [0.717, 1.165) is 18.2 Å². The van der Waals surface area contributed by atoms with Crippen molar-refractivity contribution in [3.63, 3.8) is 0 Å². The summed E-state index contributed by atoms with van der Waals surface area (Å²) < 4.78 is 46.8. The summed E-state index contributed by atoms with van der Waals surface area (Å²) in [6.07, 6.45) is -5.52. The lowest BCUT2D eigenvalue weighted by molar-refractivity contribution is -0.137. The van der Waals surface area contributed by atoms with Crippen molar-refractivity contribution in [3.8, 4) is 11.5 Å². The van der Waals surface area contributed by atoms with Gasteiger partial charge >= 0.3 is 12.3 Å². The van der Waals surface area contributed by atoms with E-state index in [2.05, 4.69) is 14.9 Å². The fourth-order valence-corrected chi connectivity index (χ4v) is 1.68. The number of amides is 1. The Hall–Kier alpha value is -2.29. The number of ether oxygens (including phenoxy) is 1. The predicted octanol–water partition coefficient (Wildman–Crippen LogP) is 3.00. The molecule has 0 radical (unpaired) electrons. The molecule has 0 atom stereocenters.